The number of aromatic nitrogens is 1. The fraction of sp³-hybridized carbons (Fsp3) is 0.227. The number of fused-ring (bicyclic) bond motifs is 1. The number of benzene rings is 2. The number of H-pyrrole nitrogens is 1. The normalized spacial score (nSPS) is 22.6. The molecule has 0 spiro atoms. The number of hydrogen-bond donors (Lipinski definition) is 2. The molecule has 0 saturated carbocycles. The van der Waals surface area contributed by atoms with E-state index < -0.39 is 0 Å². The number of nitrogens with one attached hydrogen (secondary N) is 2. The Labute approximate surface area is 157 Å². The molecule has 3 nitrogen and oxygen atoms in total. The number of halogens is 1. The molecule has 3 aliphatic rings. The molecule has 3 aliphatic carbocycles. The highest BCUT2D eigenvalue weighted by Gasteiger charge is 2.42. The molecule has 2 N–H and O–H groups in total. The predicted molar refractivity (Wildman–Crippen MR) is 103 cm³/mol. The number of rotatable bonds is 3. The Kier molecular flexibility index (Phi) is 3.64. The van der Waals surface area contributed by atoms with E-state index in [-0.39, 0.29) is 5.91 Å². The first kappa shape index (κ1) is 15.7. The van der Waals surface area contributed by atoms with Gasteiger partial charge in [0.15, 0.2) is 0 Å². The zero-order chi connectivity index (χ0) is 17.7. The van der Waals surface area contributed by atoms with Gasteiger partial charge in [0.25, 0.3) is 5.91 Å². The van der Waals surface area contributed by atoms with E-state index in [2.05, 4.69) is 58.8 Å². The summed E-state index contributed by atoms with van der Waals surface area (Å²) in [7, 11) is 0. The maximum Gasteiger partial charge on any atom is 0.267 e. The summed E-state index contributed by atoms with van der Waals surface area (Å²) in [5.74, 6) is 1.08. The van der Waals surface area contributed by atoms with Crippen LogP contribution in [0, 0.1) is 5.92 Å². The summed E-state index contributed by atoms with van der Waals surface area (Å²) in [6.07, 6.45) is 2.70. The van der Waals surface area contributed by atoms with Crippen LogP contribution < -0.4 is 5.32 Å². The van der Waals surface area contributed by atoms with Gasteiger partial charge in [-0.1, -0.05) is 60.1 Å². The van der Waals surface area contributed by atoms with Gasteiger partial charge in [0.05, 0.1) is 5.02 Å². The van der Waals surface area contributed by atoms with Gasteiger partial charge >= 0.3 is 0 Å². The molecule has 1 heterocycles. The second kappa shape index (κ2) is 6.03. The molecule has 130 valence electrons. The van der Waals surface area contributed by atoms with E-state index in [1.807, 2.05) is 0 Å². The average molecular weight is 363 g/mol. The van der Waals surface area contributed by atoms with E-state index in [0.29, 0.717) is 35.0 Å². The third-order valence-corrected chi connectivity index (χ3v) is 6.06. The second-order valence-electron chi connectivity index (χ2n) is 7.23. The van der Waals surface area contributed by atoms with Crippen LogP contribution in [0.25, 0.3) is 0 Å². The van der Waals surface area contributed by atoms with Gasteiger partial charge < -0.3 is 10.3 Å². The standard InChI is InChI=1S/C22H19ClN2O/c23-14-10-20(24-12-14)22(26)25-11-13-9-19-15-5-1-3-7-17(15)21(13)18-8-4-2-6-16(18)19/h1-8,10,12-13,19,21,24H,9,11H2,(H,25,26). The van der Waals surface area contributed by atoms with Crippen LogP contribution in [0.2, 0.25) is 5.02 Å². The molecule has 6 rings (SSSR count). The fourth-order valence-electron chi connectivity index (χ4n) is 4.78. The maximum absolute atomic E-state index is 12.4. The van der Waals surface area contributed by atoms with Crippen molar-refractivity contribution in [3.8, 4) is 0 Å². The summed E-state index contributed by atoms with van der Waals surface area (Å²) >= 11 is 5.91. The SMILES string of the molecule is O=C(NCC1CC2c3ccccc3C1c1ccccc12)c1cc(Cl)c[nH]1. The van der Waals surface area contributed by atoms with Crippen molar-refractivity contribution in [2.24, 2.45) is 5.92 Å². The first-order chi connectivity index (χ1) is 12.7. The molecule has 0 fully saturated rings. The molecule has 1 amide bonds. The van der Waals surface area contributed by atoms with Crippen molar-refractivity contribution in [1.29, 1.82) is 0 Å². The van der Waals surface area contributed by atoms with Crippen molar-refractivity contribution in [1.82, 2.24) is 10.3 Å². The van der Waals surface area contributed by atoms with Crippen LogP contribution in [0.4, 0.5) is 0 Å². The Morgan fingerprint density at radius 2 is 1.65 bits per heavy atom. The second-order valence-corrected chi connectivity index (χ2v) is 7.66. The number of hydrogen-bond acceptors (Lipinski definition) is 1. The maximum atomic E-state index is 12.4. The number of carbonyl (C=O) groups is 1. The molecule has 4 heteroatoms. The van der Waals surface area contributed by atoms with Gasteiger partial charge in [-0.15, -0.1) is 0 Å². The van der Waals surface area contributed by atoms with Crippen molar-refractivity contribution >= 4 is 17.5 Å². The largest absolute Gasteiger partial charge is 0.356 e. The zero-order valence-electron chi connectivity index (χ0n) is 14.2. The molecular formula is C22H19ClN2O. The quantitative estimate of drug-likeness (QED) is 0.697. The minimum Gasteiger partial charge on any atom is -0.356 e. The van der Waals surface area contributed by atoms with Crippen molar-refractivity contribution in [3.63, 3.8) is 0 Å². The fourth-order valence-corrected chi connectivity index (χ4v) is 4.94. The lowest BCUT2D eigenvalue weighted by Crippen LogP contribution is -2.39. The average Bonchev–Trinajstić information content (AvgIpc) is 3.13. The summed E-state index contributed by atoms with van der Waals surface area (Å²) in [6.45, 7) is 0.666. The highest BCUT2D eigenvalue weighted by atomic mass is 35.5. The molecule has 0 radical (unpaired) electrons. The Morgan fingerprint density at radius 1 is 1.04 bits per heavy atom. The van der Waals surface area contributed by atoms with Gasteiger partial charge in [0.1, 0.15) is 5.69 Å². The third kappa shape index (κ3) is 2.38. The lowest BCUT2D eigenvalue weighted by Gasteiger charge is -2.45. The van der Waals surface area contributed by atoms with Crippen molar-refractivity contribution in [2.45, 2.75) is 18.3 Å². The molecule has 2 aromatic carbocycles. The first-order valence-corrected chi connectivity index (χ1v) is 9.40. The van der Waals surface area contributed by atoms with Gasteiger partial charge in [0, 0.05) is 24.6 Å². The Hall–Kier alpha value is -2.52. The topological polar surface area (TPSA) is 44.9 Å². The lowest BCUT2D eigenvalue weighted by atomic mass is 9.59. The lowest BCUT2D eigenvalue weighted by molar-refractivity contribution is 0.0938. The molecule has 2 bridgehead atoms. The highest BCUT2D eigenvalue weighted by Crippen LogP contribution is 2.55. The van der Waals surface area contributed by atoms with Crippen LogP contribution >= 0.6 is 11.6 Å². The Bertz CT molecular complexity index is 946. The van der Waals surface area contributed by atoms with Crippen LogP contribution in [0.3, 0.4) is 0 Å². The van der Waals surface area contributed by atoms with Gasteiger partial charge in [-0.2, -0.15) is 0 Å². The van der Waals surface area contributed by atoms with E-state index in [1.165, 1.54) is 22.3 Å². The summed E-state index contributed by atoms with van der Waals surface area (Å²) in [5.41, 5.74) is 6.26. The smallest absolute Gasteiger partial charge is 0.267 e. The summed E-state index contributed by atoms with van der Waals surface area (Å²) in [6, 6.07) is 19.2. The van der Waals surface area contributed by atoms with Gasteiger partial charge in [-0.3, -0.25) is 4.79 Å². The zero-order valence-corrected chi connectivity index (χ0v) is 15.0. The minimum absolute atomic E-state index is 0.0973. The van der Waals surface area contributed by atoms with E-state index in [1.54, 1.807) is 12.3 Å². The van der Waals surface area contributed by atoms with Gasteiger partial charge in [-0.25, -0.2) is 0 Å². The van der Waals surface area contributed by atoms with Crippen molar-refractivity contribution < 1.29 is 4.79 Å². The molecule has 1 aromatic heterocycles. The minimum atomic E-state index is -0.0973. The van der Waals surface area contributed by atoms with E-state index in [0.717, 1.165) is 6.42 Å². The van der Waals surface area contributed by atoms with Crippen molar-refractivity contribution in [3.05, 3.63) is 93.8 Å². The highest BCUT2D eigenvalue weighted by molar-refractivity contribution is 6.30. The molecular weight excluding hydrogens is 344 g/mol. The summed E-state index contributed by atoms with van der Waals surface area (Å²) in [4.78, 5) is 15.3. The van der Waals surface area contributed by atoms with Crippen LogP contribution in [0.15, 0.2) is 60.8 Å². The van der Waals surface area contributed by atoms with Crippen LogP contribution in [-0.4, -0.2) is 17.4 Å². The number of amides is 1. The van der Waals surface area contributed by atoms with E-state index >= 15 is 0 Å². The number of carbonyl (C=O) groups excluding carboxylic acids is 1. The van der Waals surface area contributed by atoms with Crippen LogP contribution in [0.5, 0.6) is 0 Å². The molecule has 1 unspecified atom stereocenters. The van der Waals surface area contributed by atoms with Crippen LogP contribution in [0.1, 0.15) is 51.0 Å². The summed E-state index contributed by atoms with van der Waals surface area (Å²) in [5, 5.41) is 3.65. The Balaban J connectivity index is 1.44. The van der Waals surface area contributed by atoms with E-state index in [9.17, 15) is 4.79 Å². The molecule has 0 aliphatic heterocycles. The van der Waals surface area contributed by atoms with Crippen molar-refractivity contribution in [2.75, 3.05) is 6.54 Å². The molecule has 3 aromatic rings. The molecule has 1 atom stereocenters. The van der Waals surface area contributed by atoms with Crippen LogP contribution in [-0.2, 0) is 0 Å². The molecule has 26 heavy (non-hydrogen) atoms. The third-order valence-electron chi connectivity index (χ3n) is 5.84. The number of aromatic amines is 1. The molecule has 0 saturated heterocycles. The first-order valence-electron chi connectivity index (χ1n) is 9.02. The van der Waals surface area contributed by atoms with Gasteiger partial charge in [-0.05, 0) is 40.7 Å². The monoisotopic (exact) mass is 362 g/mol. The van der Waals surface area contributed by atoms with Gasteiger partial charge in [0.2, 0.25) is 0 Å². The Morgan fingerprint density at radius 3 is 2.23 bits per heavy atom. The van der Waals surface area contributed by atoms with E-state index in [4.69, 9.17) is 11.6 Å². The summed E-state index contributed by atoms with van der Waals surface area (Å²) < 4.78 is 0. The predicted octanol–water partition coefficient (Wildman–Crippen LogP) is 4.70.